The van der Waals surface area contributed by atoms with Crippen LogP contribution in [0.5, 0.6) is 0 Å². The van der Waals surface area contributed by atoms with E-state index in [0.717, 1.165) is 52.8 Å². The number of aromatic nitrogens is 8. The molecule has 0 aromatic carbocycles. The van der Waals surface area contributed by atoms with E-state index in [0.29, 0.717) is 6.54 Å². The molecule has 26 heavy (non-hydrogen) atoms. The predicted octanol–water partition coefficient (Wildman–Crippen LogP) is 1.29. The maximum Gasteiger partial charge on any atom is 0.184 e. The molecule has 0 radical (unpaired) electrons. The van der Waals surface area contributed by atoms with Gasteiger partial charge in [-0.2, -0.15) is 5.10 Å². The second-order valence-corrected chi connectivity index (χ2v) is 6.68. The van der Waals surface area contributed by atoms with E-state index in [1.807, 2.05) is 42.7 Å². The lowest BCUT2D eigenvalue weighted by Crippen LogP contribution is -2.34. The summed E-state index contributed by atoms with van der Waals surface area (Å²) < 4.78 is 5.91. The number of hydrogen-bond acceptors (Lipinski definition) is 6. The van der Waals surface area contributed by atoms with Crippen LogP contribution in [0.2, 0.25) is 0 Å². The summed E-state index contributed by atoms with van der Waals surface area (Å²) in [6.07, 6.45) is 5.59. The van der Waals surface area contributed by atoms with Crippen LogP contribution in [-0.4, -0.2) is 45.6 Å². The first-order valence-electron chi connectivity index (χ1n) is 8.55. The topological polar surface area (TPSA) is 82.5 Å². The third kappa shape index (κ3) is 2.13. The Morgan fingerprint density at radius 1 is 1.08 bits per heavy atom. The molecule has 0 spiro atoms. The highest BCUT2D eigenvalue weighted by atomic mass is 15.4. The summed E-state index contributed by atoms with van der Waals surface area (Å²) in [5.41, 5.74) is 3.90. The second kappa shape index (κ2) is 5.38. The number of aryl methyl sites for hydroxylation is 3. The van der Waals surface area contributed by atoms with E-state index >= 15 is 0 Å². The van der Waals surface area contributed by atoms with Gasteiger partial charge < -0.3 is 14.0 Å². The number of fused-ring (bicyclic) bond motifs is 2. The van der Waals surface area contributed by atoms with E-state index in [9.17, 15) is 0 Å². The van der Waals surface area contributed by atoms with Crippen LogP contribution >= 0.6 is 0 Å². The molecule has 4 aromatic rings. The molecule has 9 heteroatoms. The van der Waals surface area contributed by atoms with Gasteiger partial charge in [-0.15, -0.1) is 10.2 Å². The zero-order valence-corrected chi connectivity index (χ0v) is 15.0. The van der Waals surface area contributed by atoms with Crippen molar-refractivity contribution < 1.29 is 0 Å². The van der Waals surface area contributed by atoms with Gasteiger partial charge in [0.2, 0.25) is 0 Å². The van der Waals surface area contributed by atoms with E-state index < -0.39 is 0 Å². The van der Waals surface area contributed by atoms with Crippen molar-refractivity contribution >= 4 is 16.7 Å². The highest BCUT2D eigenvalue weighted by molar-refractivity contribution is 5.91. The van der Waals surface area contributed by atoms with Crippen molar-refractivity contribution in [3.8, 4) is 11.5 Å². The lowest BCUT2D eigenvalue weighted by atomic mass is 10.2. The fourth-order valence-corrected chi connectivity index (χ4v) is 3.70. The van der Waals surface area contributed by atoms with Gasteiger partial charge in [0.05, 0.1) is 29.6 Å². The monoisotopic (exact) mass is 349 g/mol. The van der Waals surface area contributed by atoms with Crippen LogP contribution in [0.25, 0.3) is 22.6 Å². The first kappa shape index (κ1) is 15.1. The zero-order chi connectivity index (χ0) is 17.8. The van der Waals surface area contributed by atoms with Crippen LogP contribution in [0.1, 0.15) is 11.5 Å². The Kier molecular flexibility index (Phi) is 3.12. The smallest absolute Gasteiger partial charge is 0.184 e. The van der Waals surface area contributed by atoms with Gasteiger partial charge in [0, 0.05) is 39.6 Å². The molecular formula is C17H19N9. The molecular weight excluding hydrogens is 330 g/mol. The maximum absolute atomic E-state index is 4.52. The summed E-state index contributed by atoms with van der Waals surface area (Å²) in [7, 11) is 3.88. The normalized spacial score (nSPS) is 14.2. The molecule has 1 aliphatic rings. The van der Waals surface area contributed by atoms with E-state index in [4.69, 9.17) is 0 Å². The molecule has 0 N–H and O–H groups in total. The maximum atomic E-state index is 4.52. The molecule has 0 fully saturated rings. The molecule has 0 aliphatic carbocycles. The van der Waals surface area contributed by atoms with Crippen LogP contribution in [0, 0.1) is 6.92 Å². The lowest BCUT2D eigenvalue weighted by molar-refractivity contribution is 0.564. The van der Waals surface area contributed by atoms with Crippen molar-refractivity contribution in [2.75, 3.05) is 11.4 Å². The van der Waals surface area contributed by atoms with Gasteiger partial charge in [0.25, 0.3) is 0 Å². The minimum Gasteiger partial charge on any atom is -0.361 e. The van der Waals surface area contributed by atoms with Crippen LogP contribution in [0.15, 0.2) is 24.8 Å². The molecule has 5 heterocycles. The minimum atomic E-state index is 0.702. The molecule has 1 aliphatic heterocycles. The van der Waals surface area contributed by atoms with E-state index in [2.05, 4.69) is 40.8 Å². The van der Waals surface area contributed by atoms with E-state index in [1.165, 1.54) is 0 Å². The number of imidazole rings is 1. The van der Waals surface area contributed by atoms with E-state index in [-0.39, 0.29) is 0 Å². The fourth-order valence-electron chi connectivity index (χ4n) is 3.70. The molecule has 5 rings (SSSR count). The van der Waals surface area contributed by atoms with Gasteiger partial charge in [-0.1, -0.05) is 0 Å². The second-order valence-electron chi connectivity index (χ2n) is 6.68. The molecule has 0 bridgehead atoms. The lowest BCUT2D eigenvalue weighted by Gasteiger charge is -2.30. The van der Waals surface area contributed by atoms with Crippen LogP contribution < -0.4 is 4.90 Å². The number of nitrogens with zero attached hydrogens (tertiary/aromatic N) is 9. The number of hydrogen-bond donors (Lipinski definition) is 0. The molecule has 0 atom stereocenters. The molecule has 9 nitrogen and oxygen atoms in total. The van der Waals surface area contributed by atoms with Gasteiger partial charge in [-0.05, 0) is 13.0 Å². The first-order chi connectivity index (χ1) is 12.6. The summed E-state index contributed by atoms with van der Waals surface area (Å²) in [6.45, 7) is 4.42. The number of pyridine rings is 1. The highest BCUT2D eigenvalue weighted by Gasteiger charge is 2.25. The highest BCUT2D eigenvalue weighted by Crippen LogP contribution is 2.31. The minimum absolute atomic E-state index is 0.702. The standard InChI is InChI=1S/C17H19N9/c1-11-15-13(4-5-18-17(15)24(3)22-11)25-6-7-26-14(9-25)20-21-16(26)12-8-23(2)10-19-12/h4-5,8,10H,6-7,9H2,1-3H3. The number of rotatable bonds is 2. The average Bonchev–Trinajstić information content (AvgIpc) is 3.32. The third-order valence-electron chi connectivity index (χ3n) is 4.91. The molecule has 0 saturated heterocycles. The van der Waals surface area contributed by atoms with E-state index in [1.54, 1.807) is 6.33 Å². The molecule has 4 aromatic heterocycles. The Morgan fingerprint density at radius 2 is 1.96 bits per heavy atom. The largest absolute Gasteiger partial charge is 0.361 e. The van der Waals surface area contributed by atoms with Gasteiger partial charge in [-0.3, -0.25) is 4.68 Å². The van der Waals surface area contributed by atoms with Crippen LogP contribution in [0.3, 0.4) is 0 Å². The van der Waals surface area contributed by atoms with Crippen molar-refractivity contribution in [3.63, 3.8) is 0 Å². The zero-order valence-electron chi connectivity index (χ0n) is 15.0. The van der Waals surface area contributed by atoms with Crippen LogP contribution in [-0.2, 0) is 27.2 Å². The first-order valence-corrected chi connectivity index (χ1v) is 8.55. The van der Waals surface area contributed by atoms with Gasteiger partial charge >= 0.3 is 0 Å². The van der Waals surface area contributed by atoms with Gasteiger partial charge in [0.15, 0.2) is 17.3 Å². The summed E-state index contributed by atoms with van der Waals surface area (Å²) in [4.78, 5) is 11.2. The Labute approximate surface area is 149 Å². The van der Waals surface area contributed by atoms with Gasteiger partial charge in [0.1, 0.15) is 5.69 Å². The van der Waals surface area contributed by atoms with Crippen molar-refractivity contribution in [1.82, 2.24) is 39.1 Å². The molecule has 0 amide bonds. The number of anilines is 1. The van der Waals surface area contributed by atoms with Crippen molar-refractivity contribution in [2.24, 2.45) is 14.1 Å². The summed E-state index contributed by atoms with van der Waals surface area (Å²) in [5, 5.41) is 14.4. The van der Waals surface area contributed by atoms with Crippen molar-refractivity contribution in [3.05, 3.63) is 36.3 Å². The Balaban J connectivity index is 1.53. The Hall–Kier alpha value is -3.23. The summed E-state index contributed by atoms with van der Waals surface area (Å²) in [5.74, 6) is 1.78. The SMILES string of the molecule is Cc1nn(C)c2nccc(N3CCn4c(nnc4-c4cn(C)cn4)C3)c12. The Bertz CT molecular complexity index is 1120. The average molecular weight is 349 g/mol. The molecule has 0 saturated carbocycles. The van der Waals surface area contributed by atoms with Gasteiger partial charge in [-0.25, -0.2) is 9.97 Å². The van der Waals surface area contributed by atoms with Crippen molar-refractivity contribution in [2.45, 2.75) is 20.0 Å². The summed E-state index contributed by atoms with van der Waals surface area (Å²) >= 11 is 0. The predicted molar refractivity (Wildman–Crippen MR) is 96.5 cm³/mol. The quantitative estimate of drug-likeness (QED) is 0.542. The fraction of sp³-hybridized carbons (Fsp3) is 0.353. The summed E-state index contributed by atoms with van der Waals surface area (Å²) in [6, 6.07) is 2.06. The molecule has 132 valence electrons. The Morgan fingerprint density at radius 3 is 2.77 bits per heavy atom. The molecule has 0 unspecified atom stereocenters. The third-order valence-corrected chi connectivity index (χ3v) is 4.91. The van der Waals surface area contributed by atoms with Crippen LogP contribution in [0.4, 0.5) is 5.69 Å². The van der Waals surface area contributed by atoms with Crippen molar-refractivity contribution in [1.29, 1.82) is 0 Å².